The number of hydrogen-bond acceptors (Lipinski definition) is 4. The third kappa shape index (κ3) is 3.78. The van der Waals surface area contributed by atoms with E-state index in [0.717, 1.165) is 63.7 Å². The van der Waals surface area contributed by atoms with Gasteiger partial charge in [0.1, 0.15) is 12.4 Å². The Morgan fingerprint density at radius 1 is 1.12 bits per heavy atom. The van der Waals surface area contributed by atoms with Crippen molar-refractivity contribution >= 4 is 5.91 Å². The number of likely N-dealkylation sites (tertiary alicyclic amines) is 1. The van der Waals surface area contributed by atoms with E-state index in [1.165, 1.54) is 24.8 Å². The Hall–Kier alpha value is -1.92. The van der Waals surface area contributed by atoms with Crippen molar-refractivity contribution in [2.24, 2.45) is 34.8 Å². The highest BCUT2D eigenvalue weighted by Crippen LogP contribution is 2.63. The van der Waals surface area contributed by atoms with Gasteiger partial charge in [0.25, 0.3) is 0 Å². The quantitative estimate of drug-likeness (QED) is 0.679. The zero-order valence-electron chi connectivity index (χ0n) is 20.0. The van der Waals surface area contributed by atoms with Crippen LogP contribution in [0.4, 0.5) is 4.39 Å². The summed E-state index contributed by atoms with van der Waals surface area (Å²) in [7, 11) is 0. The molecule has 6 aliphatic rings. The summed E-state index contributed by atoms with van der Waals surface area (Å²) in [6.45, 7) is 3.94. The molecular weight excluding hydrogens is 431 g/mol. The van der Waals surface area contributed by atoms with Crippen LogP contribution in [0.2, 0.25) is 0 Å². The molecule has 6 fully saturated rings. The molecule has 1 aromatic carbocycles. The van der Waals surface area contributed by atoms with Crippen LogP contribution in [-0.2, 0) is 14.9 Å². The highest BCUT2D eigenvalue weighted by atomic mass is 19.1. The molecule has 2 atom stereocenters. The lowest BCUT2D eigenvalue weighted by Gasteiger charge is -2.61. The minimum absolute atomic E-state index is 0.161. The van der Waals surface area contributed by atoms with Gasteiger partial charge >= 0.3 is 0 Å². The molecule has 1 spiro atoms. The van der Waals surface area contributed by atoms with Crippen molar-refractivity contribution in [2.45, 2.75) is 50.4 Å². The Bertz CT molecular complexity index is 931. The summed E-state index contributed by atoms with van der Waals surface area (Å²) in [4.78, 5) is 15.8. The second-order valence-corrected chi connectivity index (χ2v) is 11.9. The first-order valence-corrected chi connectivity index (χ1v) is 13.1. The van der Waals surface area contributed by atoms with Crippen LogP contribution >= 0.6 is 0 Å². The molecule has 0 aromatic heterocycles. The van der Waals surface area contributed by atoms with E-state index < -0.39 is 0 Å². The lowest BCUT2D eigenvalue weighted by atomic mass is 9.44. The molecule has 4 saturated carbocycles. The minimum atomic E-state index is 0.161. The summed E-state index contributed by atoms with van der Waals surface area (Å²) < 4.78 is 24.0. The second kappa shape index (κ2) is 8.63. The average Bonchev–Trinajstić information content (AvgIpc) is 2.83. The lowest BCUT2D eigenvalue weighted by molar-refractivity contribution is -0.168. The first kappa shape index (κ1) is 22.5. The highest BCUT2D eigenvalue weighted by Gasteiger charge is 2.59. The Labute approximate surface area is 201 Å². The predicted molar refractivity (Wildman–Crippen MR) is 128 cm³/mol. The van der Waals surface area contributed by atoms with Crippen LogP contribution in [0.15, 0.2) is 36.2 Å². The maximum Gasteiger partial charge on any atom is 0.226 e. The molecule has 2 saturated heterocycles. The minimum Gasteiger partial charge on any atom is -0.489 e. The topological polar surface area (TPSA) is 64.8 Å². The van der Waals surface area contributed by atoms with Gasteiger partial charge in [-0.2, -0.15) is 0 Å². The Morgan fingerprint density at radius 3 is 2.41 bits per heavy atom. The maximum absolute atomic E-state index is 13.6. The van der Waals surface area contributed by atoms with E-state index in [4.69, 9.17) is 15.2 Å². The number of nitrogens with zero attached hydrogens (tertiary/aromatic N) is 1. The number of carbonyl (C=O) groups excluding carboxylic acids is 1. The van der Waals surface area contributed by atoms with Gasteiger partial charge in [0, 0.05) is 49.8 Å². The third-order valence-electron chi connectivity index (χ3n) is 9.78. The van der Waals surface area contributed by atoms with Gasteiger partial charge in [0.15, 0.2) is 0 Å². The SMILES string of the molecule is NC/C(=C\F)COc1ccc([C@]23CC4CC(C2)[C@H](C(=O)N2CC5(CCOCC5)C2)C(C4)C3)cc1. The Kier molecular flexibility index (Phi) is 5.72. The van der Waals surface area contributed by atoms with Crippen LogP contribution in [0.3, 0.4) is 0 Å². The summed E-state index contributed by atoms with van der Waals surface area (Å²) >= 11 is 0. The number of hydrogen-bond donors (Lipinski definition) is 1. The second-order valence-electron chi connectivity index (χ2n) is 11.9. The van der Waals surface area contributed by atoms with Crippen molar-refractivity contribution in [1.29, 1.82) is 0 Å². The molecule has 2 unspecified atom stereocenters. The van der Waals surface area contributed by atoms with E-state index in [9.17, 15) is 9.18 Å². The molecule has 34 heavy (non-hydrogen) atoms. The van der Waals surface area contributed by atoms with Crippen molar-refractivity contribution in [2.75, 3.05) is 39.5 Å². The summed E-state index contributed by atoms with van der Waals surface area (Å²) in [5.74, 6) is 3.20. The number of halogens is 1. The number of carbonyl (C=O) groups is 1. The third-order valence-corrected chi connectivity index (χ3v) is 9.78. The monoisotopic (exact) mass is 468 g/mol. The van der Waals surface area contributed by atoms with Gasteiger partial charge in [-0.05, 0) is 85.8 Å². The first-order valence-electron chi connectivity index (χ1n) is 13.1. The molecule has 2 aliphatic heterocycles. The normalized spacial score (nSPS) is 35.9. The number of rotatable bonds is 6. The zero-order chi connectivity index (χ0) is 23.3. The van der Waals surface area contributed by atoms with Crippen molar-refractivity contribution in [3.05, 3.63) is 41.7 Å². The number of benzene rings is 1. The van der Waals surface area contributed by atoms with Gasteiger partial charge in [-0.3, -0.25) is 4.79 Å². The molecule has 2 heterocycles. The average molecular weight is 469 g/mol. The molecule has 2 N–H and O–H groups in total. The van der Waals surface area contributed by atoms with Crippen molar-refractivity contribution in [3.8, 4) is 5.75 Å². The molecule has 4 aliphatic carbocycles. The Morgan fingerprint density at radius 2 is 1.79 bits per heavy atom. The van der Waals surface area contributed by atoms with Crippen LogP contribution in [0.5, 0.6) is 5.75 Å². The smallest absolute Gasteiger partial charge is 0.226 e. The van der Waals surface area contributed by atoms with Gasteiger partial charge in [0.2, 0.25) is 5.91 Å². The van der Waals surface area contributed by atoms with E-state index in [1.807, 2.05) is 12.1 Å². The molecule has 184 valence electrons. The van der Waals surface area contributed by atoms with Crippen molar-refractivity contribution in [1.82, 2.24) is 4.90 Å². The summed E-state index contributed by atoms with van der Waals surface area (Å²) in [6.07, 6.45) is 8.70. The molecule has 0 radical (unpaired) electrons. The summed E-state index contributed by atoms with van der Waals surface area (Å²) in [5, 5.41) is 0. The fraction of sp³-hybridized carbons (Fsp3) is 0.679. The van der Waals surface area contributed by atoms with Crippen LogP contribution in [0, 0.1) is 29.1 Å². The molecule has 5 nitrogen and oxygen atoms in total. The zero-order valence-corrected chi connectivity index (χ0v) is 20.0. The molecule has 4 bridgehead atoms. The lowest BCUT2D eigenvalue weighted by Crippen LogP contribution is -2.64. The van der Waals surface area contributed by atoms with Gasteiger partial charge in [-0.1, -0.05) is 12.1 Å². The van der Waals surface area contributed by atoms with Gasteiger partial charge in [0.05, 0.1) is 6.33 Å². The van der Waals surface area contributed by atoms with Gasteiger partial charge in [-0.25, -0.2) is 4.39 Å². The molecule has 7 rings (SSSR count). The standard InChI is InChI=1S/C28H37FN2O3/c29-14-20(15-30)16-34-24-3-1-23(2-4-24)28-11-19-9-21(12-28)25(22(10-19)13-28)26(32)31-17-27(18-31)5-7-33-8-6-27/h1-4,14,19,21-22,25H,5-13,15-18,30H2/b20-14+/t19?,21?,22?,25-,28+. The molecule has 6 heteroatoms. The molecule has 1 aromatic rings. The highest BCUT2D eigenvalue weighted by molar-refractivity contribution is 5.81. The summed E-state index contributed by atoms with van der Waals surface area (Å²) in [6, 6.07) is 8.42. The van der Waals surface area contributed by atoms with E-state index in [1.54, 1.807) is 0 Å². The van der Waals surface area contributed by atoms with Gasteiger partial charge < -0.3 is 20.1 Å². The largest absolute Gasteiger partial charge is 0.489 e. The van der Waals surface area contributed by atoms with Crippen LogP contribution in [0.25, 0.3) is 0 Å². The fourth-order valence-corrected chi connectivity index (χ4v) is 8.25. The van der Waals surface area contributed by atoms with Gasteiger partial charge in [-0.15, -0.1) is 0 Å². The predicted octanol–water partition coefficient (Wildman–Crippen LogP) is 4.21. The van der Waals surface area contributed by atoms with E-state index in [2.05, 4.69) is 17.0 Å². The first-order chi connectivity index (χ1) is 16.5. The van der Waals surface area contributed by atoms with Crippen LogP contribution in [0.1, 0.15) is 50.5 Å². The van der Waals surface area contributed by atoms with Crippen molar-refractivity contribution < 1.29 is 18.7 Å². The molecule has 1 amide bonds. The summed E-state index contributed by atoms with van der Waals surface area (Å²) in [5.41, 5.74) is 7.90. The van der Waals surface area contributed by atoms with Crippen LogP contribution in [-0.4, -0.2) is 50.3 Å². The number of amides is 1. The van der Waals surface area contributed by atoms with Crippen LogP contribution < -0.4 is 10.5 Å². The fourth-order valence-electron chi connectivity index (χ4n) is 8.25. The number of nitrogens with two attached hydrogens (primary N) is 1. The molecular formula is C28H37FN2O3. The number of ether oxygens (including phenoxy) is 2. The van der Waals surface area contributed by atoms with E-state index >= 15 is 0 Å². The maximum atomic E-state index is 13.6. The van der Waals surface area contributed by atoms with E-state index in [0.29, 0.717) is 35.1 Å². The Balaban J connectivity index is 1.13. The van der Waals surface area contributed by atoms with E-state index in [-0.39, 0.29) is 24.5 Å². The van der Waals surface area contributed by atoms with Crippen molar-refractivity contribution in [3.63, 3.8) is 0 Å².